The van der Waals surface area contributed by atoms with E-state index in [2.05, 4.69) is 10.0 Å². The van der Waals surface area contributed by atoms with Gasteiger partial charge in [0.25, 0.3) is 5.91 Å². The summed E-state index contributed by atoms with van der Waals surface area (Å²) in [6.45, 7) is 3.48. The van der Waals surface area contributed by atoms with Gasteiger partial charge < -0.3 is 14.8 Å². The van der Waals surface area contributed by atoms with Gasteiger partial charge in [0.1, 0.15) is 0 Å². The fourth-order valence-corrected chi connectivity index (χ4v) is 3.53. The lowest BCUT2D eigenvalue weighted by atomic mass is 10.2. The van der Waals surface area contributed by atoms with Gasteiger partial charge in [-0.2, -0.15) is 0 Å². The van der Waals surface area contributed by atoms with E-state index in [1.54, 1.807) is 32.0 Å². The van der Waals surface area contributed by atoms with Gasteiger partial charge in [0, 0.05) is 23.4 Å². The molecule has 2 rings (SSSR count). The number of sulfonamides is 1. The Morgan fingerprint density at radius 1 is 0.962 bits per heavy atom. The van der Waals surface area contributed by atoms with Crippen LogP contribution in [-0.4, -0.2) is 34.6 Å². The van der Waals surface area contributed by atoms with Gasteiger partial charge in [-0.15, -0.1) is 0 Å². The lowest BCUT2D eigenvalue weighted by Crippen LogP contribution is -2.30. The number of rotatable bonds is 7. The van der Waals surface area contributed by atoms with Crippen LogP contribution in [0.15, 0.2) is 47.4 Å². The first kappa shape index (κ1) is 19.7. The molecule has 0 aliphatic rings. The molecule has 0 saturated carbocycles. The number of carbonyl (C=O) groups excluding carboxylic acids is 1. The van der Waals surface area contributed by atoms with Crippen molar-refractivity contribution in [2.75, 3.05) is 19.5 Å². The topological polar surface area (TPSA) is 93.7 Å². The zero-order chi connectivity index (χ0) is 19.3. The van der Waals surface area contributed by atoms with Crippen molar-refractivity contribution in [1.29, 1.82) is 0 Å². The van der Waals surface area contributed by atoms with Gasteiger partial charge in [-0.3, -0.25) is 4.79 Å². The van der Waals surface area contributed by atoms with Crippen LogP contribution >= 0.6 is 0 Å². The van der Waals surface area contributed by atoms with Crippen molar-refractivity contribution in [3.8, 4) is 11.5 Å². The Bertz CT molecular complexity index is 877. The molecule has 2 aromatic carbocycles. The molecule has 0 atom stereocenters. The van der Waals surface area contributed by atoms with Crippen LogP contribution in [0.3, 0.4) is 0 Å². The summed E-state index contributed by atoms with van der Waals surface area (Å²) >= 11 is 0. The fourth-order valence-electron chi connectivity index (χ4n) is 2.28. The molecule has 0 fully saturated rings. The molecule has 0 heterocycles. The van der Waals surface area contributed by atoms with E-state index < -0.39 is 10.0 Å². The van der Waals surface area contributed by atoms with Crippen LogP contribution in [0.1, 0.15) is 24.2 Å². The number of ether oxygens (including phenoxy) is 2. The van der Waals surface area contributed by atoms with E-state index in [0.717, 1.165) is 0 Å². The molecule has 0 unspecified atom stereocenters. The zero-order valence-corrected chi connectivity index (χ0v) is 15.9. The zero-order valence-electron chi connectivity index (χ0n) is 15.1. The van der Waals surface area contributed by atoms with Crippen molar-refractivity contribution in [2.24, 2.45) is 0 Å². The van der Waals surface area contributed by atoms with Gasteiger partial charge in [-0.1, -0.05) is 0 Å². The van der Waals surface area contributed by atoms with Gasteiger partial charge in [0.15, 0.2) is 11.5 Å². The smallest absolute Gasteiger partial charge is 0.255 e. The Morgan fingerprint density at radius 3 is 2.12 bits per heavy atom. The molecule has 1 amide bonds. The number of anilines is 1. The van der Waals surface area contributed by atoms with Crippen molar-refractivity contribution >= 4 is 21.6 Å². The molecule has 0 aromatic heterocycles. The van der Waals surface area contributed by atoms with Gasteiger partial charge in [0.2, 0.25) is 10.0 Å². The number of nitrogens with one attached hydrogen (secondary N) is 2. The minimum Gasteiger partial charge on any atom is -0.493 e. The SMILES string of the molecule is COc1ccc(NC(=O)c2ccc(S(=O)(=O)NC(C)C)cc2)cc1OC. The second-order valence-corrected chi connectivity index (χ2v) is 7.54. The third kappa shape index (κ3) is 4.74. The Kier molecular flexibility index (Phi) is 6.23. The minimum absolute atomic E-state index is 0.105. The van der Waals surface area contributed by atoms with Gasteiger partial charge in [-0.05, 0) is 50.2 Å². The molecule has 0 bridgehead atoms. The van der Waals surface area contributed by atoms with Crippen LogP contribution in [-0.2, 0) is 10.0 Å². The summed E-state index contributed by atoms with van der Waals surface area (Å²) < 4.78 is 37.1. The standard InChI is InChI=1S/C18H22N2O5S/c1-12(2)20-26(22,23)15-8-5-13(6-9-15)18(21)19-14-7-10-16(24-3)17(11-14)25-4/h5-12,20H,1-4H3,(H,19,21). The molecule has 140 valence electrons. The van der Waals surface area contributed by atoms with Crippen LogP contribution in [0.25, 0.3) is 0 Å². The summed E-state index contributed by atoms with van der Waals surface area (Å²) in [4.78, 5) is 12.5. The molecule has 0 saturated heterocycles. The summed E-state index contributed by atoms with van der Waals surface area (Å²) in [5.41, 5.74) is 0.870. The van der Waals surface area contributed by atoms with Crippen molar-refractivity contribution in [3.05, 3.63) is 48.0 Å². The van der Waals surface area contributed by atoms with Crippen LogP contribution in [0, 0.1) is 0 Å². The summed E-state index contributed by atoms with van der Waals surface area (Å²) in [5.74, 6) is 0.683. The van der Waals surface area contributed by atoms with Crippen molar-refractivity contribution in [1.82, 2.24) is 4.72 Å². The lowest BCUT2D eigenvalue weighted by Gasteiger charge is -2.11. The van der Waals surface area contributed by atoms with E-state index in [1.807, 2.05) is 0 Å². The number of amides is 1. The average molecular weight is 378 g/mol. The summed E-state index contributed by atoms with van der Waals surface area (Å²) in [5, 5.41) is 2.74. The maximum atomic E-state index is 12.4. The largest absolute Gasteiger partial charge is 0.493 e. The second-order valence-electron chi connectivity index (χ2n) is 5.82. The molecular formula is C18H22N2O5S. The monoisotopic (exact) mass is 378 g/mol. The third-order valence-corrected chi connectivity index (χ3v) is 5.13. The van der Waals surface area contributed by atoms with Crippen LogP contribution in [0.4, 0.5) is 5.69 Å². The lowest BCUT2D eigenvalue weighted by molar-refractivity contribution is 0.102. The van der Waals surface area contributed by atoms with Crippen molar-refractivity contribution in [2.45, 2.75) is 24.8 Å². The van der Waals surface area contributed by atoms with E-state index in [1.165, 1.54) is 38.5 Å². The van der Waals surface area contributed by atoms with E-state index in [4.69, 9.17) is 9.47 Å². The van der Waals surface area contributed by atoms with E-state index in [-0.39, 0.29) is 16.8 Å². The van der Waals surface area contributed by atoms with Crippen LogP contribution in [0.2, 0.25) is 0 Å². The Morgan fingerprint density at radius 2 is 1.58 bits per heavy atom. The van der Waals surface area contributed by atoms with Gasteiger partial charge in [-0.25, -0.2) is 13.1 Å². The minimum atomic E-state index is -3.59. The molecule has 0 spiro atoms. The predicted octanol–water partition coefficient (Wildman–Crippen LogP) is 2.64. The van der Waals surface area contributed by atoms with E-state index >= 15 is 0 Å². The third-order valence-electron chi connectivity index (χ3n) is 3.46. The molecule has 2 N–H and O–H groups in total. The Hall–Kier alpha value is -2.58. The molecule has 0 aliphatic carbocycles. The number of hydrogen-bond donors (Lipinski definition) is 2. The van der Waals surface area contributed by atoms with Crippen LogP contribution in [0.5, 0.6) is 11.5 Å². The fraction of sp³-hybridized carbons (Fsp3) is 0.278. The number of methoxy groups -OCH3 is 2. The highest BCUT2D eigenvalue weighted by Gasteiger charge is 2.16. The molecular weight excluding hydrogens is 356 g/mol. The molecule has 2 aromatic rings. The molecule has 0 aliphatic heterocycles. The van der Waals surface area contributed by atoms with Crippen LogP contribution < -0.4 is 19.5 Å². The molecule has 7 nitrogen and oxygen atoms in total. The van der Waals surface area contributed by atoms with E-state index in [0.29, 0.717) is 22.7 Å². The predicted molar refractivity (Wildman–Crippen MR) is 99.4 cm³/mol. The highest BCUT2D eigenvalue weighted by Crippen LogP contribution is 2.29. The summed E-state index contributed by atoms with van der Waals surface area (Å²) in [7, 11) is -0.554. The normalized spacial score (nSPS) is 11.3. The quantitative estimate of drug-likeness (QED) is 0.772. The molecule has 0 radical (unpaired) electrons. The Labute approximate surface area is 153 Å². The number of carbonyl (C=O) groups is 1. The summed E-state index contributed by atoms with van der Waals surface area (Å²) in [6, 6.07) is 10.5. The second kappa shape index (κ2) is 8.20. The first-order valence-corrected chi connectivity index (χ1v) is 9.41. The van der Waals surface area contributed by atoms with Gasteiger partial charge in [0.05, 0.1) is 19.1 Å². The highest BCUT2D eigenvalue weighted by molar-refractivity contribution is 7.89. The van der Waals surface area contributed by atoms with E-state index in [9.17, 15) is 13.2 Å². The summed E-state index contributed by atoms with van der Waals surface area (Å²) in [6.07, 6.45) is 0. The first-order chi connectivity index (χ1) is 12.3. The molecule has 26 heavy (non-hydrogen) atoms. The van der Waals surface area contributed by atoms with Crippen molar-refractivity contribution in [3.63, 3.8) is 0 Å². The highest BCUT2D eigenvalue weighted by atomic mass is 32.2. The maximum absolute atomic E-state index is 12.4. The number of hydrogen-bond acceptors (Lipinski definition) is 5. The maximum Gasteiger partial charge on any atom is 0.255 e. The Balaban J connectivity index is 2.16. The number of benzene rings is 2. The molecule has 8 heteroatoms. The van der Waals surface area contributed by atoms with Crippen molar-refractivity contribution < 1.29 is 22.7 Å². The first-order valence-electron chi connectivity index (χ1n) is 7.92. The average Bonchev–Trinajstić information content (AvgIpc) is 2.60. The van der Waals surface area contributed by atoms with Gasteiger partial charge >= 0.3 is 0 Å².